The summed E-state index contributed by atoms with van der Waals surface area (Å²) in [6, 6.07) is 8.77. The van der Waals surface area contributed by atoms with E-state index in [9.17, 15) is 13.2 Å². The summed E-state index contributed by atoms with van der Waals surface area (Å²) in [6.07, 6.45) is -4.41. The topological polar surface area (TPSA) is 34.1 Å². The summed E-state index contributed by atoms with van der Waals surface area (Å²) in [5.41, 5.74) is 0.488. The summed E-state index contributed by atoms with van der Waals surface area (Å²) in [5, 5.41) is 3.15. The van der Waals surface area contributed by atoms with Gasteiger partial charge in [0, 0.05) is 24.2 Å². The number of hydrogen-bond donors (Lipinski definition) is 1. The standard InChI is InChI=1S/C15H13F3N2O/c16-15(17,18)12-4-2-1-3-11(12)13-6-5-10-9-19-7-8-21-14(10)20-13/h1-6,19H,7-9H2. The Morgan fingerprint density at radius 3 is 2.71 bits per heavy atom. The number of pyridine rings is 1. The smallest absolute Gasteiger partial charge is 0.417 e. The van der Waals surface area contributed by atoms with Gasteiger partial charge in [-0.15, -0.1) is 0 Å². The van der Waals surface area contributed by atoms with Crippen molar-refractivity contribution < 1.29 is 17.9 Å². The van der Waals surface area contributed by atoms with E-state index in [1.54, 1.807) is 18.2 Å². The van der Waals surface area contributed by atoms with Crippen LogP contribution in [0.4, 0.5) is 13.2 Å². The fourth-order valence-corrected chi connectivity index (χ4v) is 2.28. The van der Waals surface area contributed by atoms with Crippen molar-refractivity contribution in [3.8, 4) is 17.1 Å². The van der Waals surface area contributed by atoms with Crippen LogP contribution < -0.4 is 10.1 Å². The highest BCUT2D eigenvalue weighted by Gasteiger charge is 2.33. The van der Waals surface area contributed by atoms with E-state index >= 15 is 0 Å². The maximum Gasteiger partial charge on any atom is 0.417 e. The van der Waals surface area contributed by atoms with E-state index in [4.69, 9.17) is 4.74 Å². The zero-order valence-electron chi connectivity index (χ0n) is 11.1. The van der Waals surface area contributed by atoms with Crippen LogP contribution in [0.2, 0.25) is 0 Å². The van der Waals surface area contributed by atoms with Gasteiger partial charge < -0.3 is 10.1 Å². The fourth-order valence-electron chi connectivity index (χ4n) is 2.28. The SMILES string of the molecule is FC(F)(F)c1ccccc1-c1ccc2c(n1)OCCNC2. The summed E-state index contributed by atoms with van der Waals surface area (Å²) in [5.74, 6) is 0.398. The number of rotatable bonds is 1. The lowest BCUT2D eigenvalue weighted by molar-refractivity contribution is -0.137. The molecule has 0 amide bonds. The Morgan fingerprint density at radius 1 is 1.10 bits per heavy atom. The van der Waals surface area contributed by atoms with Gasteiger partial charge in [0.05, 0.1) is 11.3 Å². The molecule has 3 rings (SSSR count). The van der Waals surface area contributed by atoms with Crippen LogP contribution in [0, 0.1) is 0 Å². The second-order valence-electron chi connectivity index (χ2n) is 4.73. The minimum Gasteiger partial charge on any atom is -0.476 e. The first kappa shape index (κ1) is 13.9. The van der Waals surface area contributed by atoms with E-state index in [0.29, 0.717) is 25.6 Å². The molecule has 0 aliphatic carbocycles. The van der Waals surface area contributed by atoms with Crippen molar-refractivity contribution in [2.45, 2.75) is 12.7 Å². The first-order valence-corrected chi connectivity index (χ1v) is 6.56. The Bertz CT molecular complexity index is 656. The molecule has 1 aliphatic heterocycles. The molecule has 1 aromatic carbocycles. The normalized spacial score (nSPS) is 15.0. The monoisotopic (exact) mass is 294 g/mol. The highest BCUT2D eigenvalue weighted by atomic mass is 19.4. The quantitative estimate of drug-likeness (QED) is 0.876. The molecule has 0 spiro atoms. The number of ether oxygens (including phenoxy) is 1. The molecule has 21 heavy (non-hydrogen) atoms. The second-order valence-corrected chi connectivity index (χ2v) is 4.73. The molecule has 2 heterocycles. The maximum absolute atomic E-state index is 13.1. The largest absolute Gasteiger partial charge is 0.476 e. The third-order valence-electron chi connectivity index (χ3n) is 3.28. The lowest BCUT2D eigenvalue weighted by Gasteiger charge is -2.13. The molecule has 0 saturated heterocycles. The molecule has 1 aliphatic rings. The van der Waals surface area contributed by atoms with Gasteiger partial charge in [-0.2, -0.15) is 13.2 Å². The van der Waals surface area contributed by atoms with E-state index in [1.165, 1.54) is 12.1 Å². The minimum atomic E-state index is -4.41. The van der Waals surface area contributed by atoms with Crippen molar-refractivity contribution in [1.29, 1.82) is 0 Å². The van der Waals surface area contributed by atoms with Crippen molar-refractivity contribution >= 4 is 0 Å². The van der Waals surface area contributed by atoms with Gasteiger partial charge >= 0.3 is 6.18 Å². The van der Waals surface area contributed by atoms with E-state index < -0.39 is 11.7 Å². The average molecular weight is 294 g/mol. The van der Waals surface area contributed by atoms with Crippen LogP contribution in [0.1, 0.15) is 11.1 Å². The summed E-state index contributed by atoms with van der Waals surface area (Å²) >= 11 is 0. The summed E-state index contributed by atoms with van der Waals surface area (Å²) in [6.45, 7) is 1.73. The average Bonchev–Trinajstić information content (AvgIpc) is 2.70. The maximum atomic E-state index is 13.1. The molecule has 1 N–H and O–H groups in total. The molecule has 0 saturated carbocycles. The Labute approximate surface area is 119 Å². The van der Waals surface area contributed by atoms with Crippen LogP contribution in [-0.2, 0) is 12.7 Å². The third kappa shape index (κ3) is 2.85. The van der Waals surface area contributed by atoms with Crippen molar-refractivity contribution in [2.24, 2.45) is 0 Å². The Balaban J connectivity index is 2.08. The van der Waals surface area contributed by atoms with Crippen LogP contribution in [0.5, 0.6) is 5.88 Å². The molecule has 110 valence electrons. The first-order chi connectivity index (χ1) is 10.1. The molecule has 1 aromatic heterocycles. The van der Waals surface area contributed by atoms with Gasteiger partial charge in [0.15, 0.2) is 0 Å². The van der Waals surface area contributed by atoms with Crippen LogP contribution in [0.15, 0.2) is 36.4 Å². The molecule has 6 heteroatoms. The van der Waals surface area contributed by atoms with Crippen molar-refractivity contribution in [2.75, 3.05) is 13.2 Å². The lowest BCUT2D eigenvalue weighted by Crippen LogP contribution is -2.16. The van der Waals surface area contributed by atoms with Crippen molar-refractivity contribution in [3.63, 3.8) is 0 Å². The molecular formula is C15H13F3N2O. The first-order valence-electron chi connectivity index (χ1n) is 6.56. The van der Waals surface area contributed by atoms with Crippen LogP contribution in [0.3, 0.4) is 0 Å². The molecule has 3 nitrogen and oxygen atoms in total. The van der Waals surface area contributed by atoms with Gasteiger partial charge in [-0.05, 0) is 12.1 Å². The van der Waals surface area contributed by atoms with E-state index in [0.717, 1.165) is 11.6 Å². The molecule has 2 aromatic rings. The number of aromatic nitrogens is 1. The number of fused-ring (bicyclic) bond motifs is 1. The Kier molecular flexibility index (Phi) is 3.55. The number of nitrogens with zero attached hydrogens (tertiary/aromatic N) is 1. The zero-order chi connectivity index (χ0) is 14.9. The van der Waals surface area contributed by atoms with E-state index in [-0.39, 0.29) is 11.3 Å². The van der Waals surface area contributed by atoms with Gasteiger partial charge in [-0.1, -0.05) is 24.3 Å². The van der Waals surface area contributed by atoms with Gasteiger partial charge in [-0.3, -0.25) is 0 Å². The van der Waals surface area contributed by atoms with Gasteiger partial charge in [0.1, 0.15) is 6.61 Å². The predicted molar refractivity (Wildman–Crippen MR) is 71.9 cm³/mol. The zero-order valence-corrected chi connectivity index (χ0v) is 11.1. The van der Waals surface area contributed by atoms with E-state index in [2.05, 4.69) is 10.3 Å². The highest BCUT2D eigenvalue weighted by molar-refractivity contribution is 5.65. The van der Waals surface area contributed by atoms with Gasteiger partial charge in [0.2, 0.25) is 5.88 Å². The van der Waals surface area contributed by atoms with Crippen LogP contribution in [-0.4, -0.2) is 18.1 Å². The third-order valence-corrected chi connectivity index (χ3v) is 3.28. The van der Waals surface area contributed by atoms with Gasteiger partial charge in [0.25, 0.3) is 0 Å². The van der Waals surface area contributed by atoms with Gasteiger partial charge in [-0.25, -0.2) is 4.98 Å². The molecular weight excluding hydrogens is 281 g/mol. The van der Waals surface area contributed by atoms with Crippen LogP contribution in [0.25, 0.3) is 11.3 Å². The summed E-state index contributed by atoms with van der Waals surface area (Å²) in [7, 11) is 0. The second kappa shape index (κ2) is 5.37. The lowest BCUT2D eigenvalue weighted by atomic mass is 10.0. The number of halogens is 3. The van der Waals surface area contributed by atoms with E-state index in [1.807, 2.05) is 0 Å². The predicted octanol–water partition coefficient (Wildman–Crippen LogP) is 3.25. The molecule has 0 atom stereocenters. The fraction of sp³-hybridized carbons (Fsp3) is 0.267. The van der Waals surface area contributed by atoms with Crippen molar-refractivity contribution in [1.82, 2.24) is 10.3 Å². The summed E-state index contributed by atoms with van der Waals surface area (Å²) < 4.78 is 44.7. The Morgan fingerprint density at radius 2 is 1.90 bits per heavy atom. The molecule has 0 unspecified atom stereocenters. The number of alkyl halides is 3. The highest BCUT2D eigenvalue weighted by Crippen LogP contribution is 2.37. The number of nitrogens with one attached hydrogen (secondary N) is 1. The van der Waals surface area contributed by atoms with Crippen molar-refractivity contribution in [3.05, 3.63) is 47.5 Å². The number of hydrogen-bond acceptors (Lipinski definition) is 3. The minimum absolute atomic E-state index is 0.0635. The number of benzene rings is 1. The molecule has 0 fully saturated rings. The Hall–Kier alpha value is -2.08. The van der Waals surface area contributed by atoms with Crippen LogP contribution >= 0.6 is 0 Å². The summed E-state index contributed by atoms with van der Waals surface area (Å²) in [4.78, 5) is 4.26. The molecule has 0 bridgehead atoms. The molecule has 0 radical (unpaired) electrons.